The number of fused-ring (bicyclic) bond motifs is 1. The monoisotopic (exact) mass is 151 g/mol. The summed E-state index contributed by atoms with van der Waals surface area (Å²) in [5.41, 5.74) is 3.48. The number of hydrogen-bond acceptors (Lipinski definition) is 1. The zero-order valence-electron chi connectivity index (χ0n) is 7.32. The van der Waals surface area contributed by atoms with Crippen LogP contribution in [0, 0.1) is 5.92 Å². The number of piperidine rings is 1. The van der Waals surface area contributed by atoms with Crippen LogP contribution in [-0.4, -0.2) is 13.1 Å². The summed E-state index contributed by atoms with van der Waals surface area (Å²) in [6.45, 7) is 4.78. The fraction of sp³-hybridized carbons (Fsp3) is 0.800. The van der Waals surface area contributed by atoms with E-state index in [1.165, 1.54) is 38.8 Å². The average Bonchev–Trinajstić information content (AvgIpc) is 2.06. The third-order valence-corrected chi connectivity index (χ3v) is 3.11. The van der Waals surface area contributed by atoms with E-state index in [0.717, 1.165) is 5.92 Å². The van der Waals surface area contributed by atoms with E-state index < -0.39 is 0 Å². The molecule has 0 spiro atoms. The maximum Gasteiger partial charge on any atom is 0.00171 e. The van der Waals surface area contributed by atoms with E-state index in [4.69, 9.17) is 0 Å². The normalized spacial score (nSPS) is 31.9. The van der Waals surface area contributed by atoms with Crippen molar-refractivity contribution in [3.63, 3.8) is 0 Å². The lowest BCUT2D eigenvalue weighted by Crippen LogP contribution is -2.33. The molecule has 1 nitrogen and oxygen atoms in total. The molecule has 62 valence electrons. The fourth-order valence-electron chi connectivity index (χ4n) is 2.44. The number of rotatable bonds is 0. The third-order valence-electron chi connectivity index (χ3n) is 3.11. The Morgan fingerprint density at radius 3 is 3.09 bits per heavy atom. The highest BCUT2D eigenvalue weighted by molar-refractivity contribution is 5.20. The van der Waals surface area contributed by atoms with Gasteiger partial charge in [-0.1, -0.05) is 11.1 Å². The maximum atomic E-state index is 3.47. The lowest BCUT2D eigenvalue weighted by atomic mass is 9.80. The Bertz CT molecular complexity index is 181. The van der Waals surface area contributed by atoms with Gasteiger partial charge in [0.2, 0.25) is 0 Å². The highest BCUT2D eigenvalue weighted by Gasteiger charge is 2.22. The van der Waals surface area contributed by atoms with E-state index in [-0.39, 0.29) is 0 Å². The van der Waals surface area contributed by atoms with Gasteiger partial charge in [-0.15, -0.1) is 0 Å². The molecule has 2 aliphatic rings. The van der Waals surface area contributed by atoms with E-state index in [1.807, 2.05) is 0 Å². The first-order valence-corrected chi connectivity index (χ1v) is 4.77. The lowest BCUT2D eigenvalue weighted by molar-refractivity contribution is 0.410. The van der Waals surface area contributed by atoms with Crippen LogP contribution in [0.5, 0.6) is 0 Å². The summed E-state index contributed by atoms with van der Waals surface area (Å²) in [5.74, 6) is 0.900. The summed E-state index contributed by atoms with van der Waals surface area (Å²) in [6.07, 6.45) is 5.53. The van der Waals surface area contributed by atoms with Crippen LogP contribution in [0.1, 0.15) is 32.6 Å². The summed E-state index contributed by atoms with van der Waals surface area (Å²) in [7, 11) is 0. The number of hydrogen-bond donors (Lipinski definition) is 1. The van der Waals surface area contributed by atoms with Crippen LogP contribution < -0.4 is 5.32 Å². The SMILES string of the molecule is CC1=C2CCNC[C@H]2CCC1. The minimum atomic E-state index is 0.900. The molecule has 0 radical (unpaired) electrons. The first kappa shape index (κ1) is 7.35. The molecule has 11 heavy (non-hydrogen) atoms. The molecular weight excluding hydrogens is 134 g/mol. The van der Waals surface area contributed by atoms with Crippen LogP contribution in [0.25, 0.3) is 0 Å². The quantitative estimate of drug-likeness (QED) is 0.523. The van der Waals surface area contributed by atoms with Crippen molar-refractivity contribution in [1.29, 1.82) is 0 Å². The van der Waals surface area contributed by atoms with E-state index in [0.29, 0.717) is 0 Å². The minimum absolute atomic E-state index is 0.900. The van der Waals surface area contributed by atoms with Gasteiger partial charge in [-0.2, -0.15) is 0 Å². The molecule has 1 atom stereocenters. The van der Waals surface area contributed by atoms with E-state index >= 15 is 0 Å². The van der Waals surface area contributed by atoms with Crippen molar-refractivity contribution < 1.29 is 0 Å². The van der Waals surface area contributed by atoms with Gasteiger partial charge in [0.05, 0.1) is 0 Å². The van der Waals surface area contributed by atoms with E-state index in [1.54, 1.807) is 11.1 Å². The molecule has 0 saturated carbocycles. The Kier molecular flexibility index (Phi) is 1.99. The first-order valence-electron chi connectivity index (χ1n) is 4.77. The van der Waals surface area contributed by atoms with E-state index in [2.05, 4.69) is 12.2 Å². The van der Waals surface area contributed by atoms with Crippen molar-refractivity contribution in [2.45, 2.75) is 32.6 Å². The smallest absolute Gasteiger partial charge is 0.00171 e. The second-order valence-electron chi connectivity index (χ2n) is 3.85. The Balaban J connectivity index is 2.19. The lowest BCUT2D eigenvalue weighted by Gasteiger charge is -2.31. The average molecular weight is 151 g/mol. The Morgan fingerprint density at radius 2 is 2.27 bits per heavy atom. The van der Waals surface area contributed by atoms with E-state index in [9.17, 15) is 0 Å². The molecule has 1 fully saturated rings. The largest absolute Gasteiger partial charge is 0.316 e. The zero-order chi connectivity index (χ0) is 7.68. The van der Waals surface area contributed by atoms with Gasteiger partial charge in [0.1, 0.15) is 0 Å². The van der Waals surface area contributed by atoms with Gasteiger partial charge in [-0.25, -0.2) is 0 Å². The van der Waals surface area contributed by atoms with Gasteiger partial charge >= 0.3 is 0 Å². The predicted octanol–water partition coefficient (Wildman–Crippen LogP) is 2.10. The molecule has 0 aromatic heterocycles. The van der Waals surface area contributed by atoms with Gasteiger partial charge in [-0.05, 0) is 45.1 Å². The van der Waals surface area contributed by atoms with Crippen molar-refractivity contribution >= 4 is 0 Å². The highest BCUT2D eigenvalue weighted by atomic mass is 14.9. The molecular formula is C10H17N. The summed E-state index contributed by atoms with van der Waals surface area (Å²) in [4.78, 5) is 0. The molecule has 0 unspecified atom stereocenters. The first-order chi connectivity index (χ1) is 5.38. The molecule has 0 aromatic carbocycles. The predicted molar refractivity (Wildman–Crippen MR) is 47.5 cm³/mol. The molecule has 1 aliphatic carbocycles. The Morgan fingerprint density at radius 1 is 1.36 bits per heavy atom. The van der Waals surface area contributed by atoms with Crippen LogP contribution in [-0.2, 0) is 0 Å². The topological polar surface area (TPSA) is 12.0 Å². The molecule has 0 amide bonds. The molecule has 1 N–H and O–H groups in total. The van der Waals surface area contributed by atoms with Crippen molar-refractivity contribution in [3.8, 4) is 0 Å². The van der Waals surface area contributed by atoms with Crippen LogP contribution in [0.3, 0.4) is 0 Å². The number of nitrogens with one attached hydrogen (secondary N) is 1. The minimum Gasteiger partial charge on any atom is -0.316 e. The highest BCUT2D eigenvalue weighted by Crippen LogP contribution is 2.32. The molecule has 1 heterocycles. The maximum absolute atomic E-state index is 3.47. The van der Waals surface area contributed by atoms with Crippen LogP contribution in [0.15, 0.2) is 11.1 Å². The zero-order valence-corrected chi connectivity index (χ0v) is 7.32. The molecule has 0 bridgehead atoms. The number of allylic oxidation sites excluding steroid dienone is 1. The van der Waals surface area contributed by atoms with Gasteiger partial charge in [0, 0.05) is 6.54 Å². The molecule has 1 saturated heterocycles. The van der Waals surface area contributed by atoms with Crippen molar-refractivity contribution in [2.24, 2.45) is 5.92 Å². The summed E-state index contributed by atoms with van der Waals surface area (Å²) in [5, 5.41) is 3.47. The molecule has 1 heteroatoms. The van der Waals surface area contributed by atoms with Gasteiger partial charge in [0.15, 0.2) is 0 Å². The third kappa shape index (κ3) is 1.34. The van der Waals surface area contributed by atoms with Crippen molar-refractivity contribution in [3.05, 3.63) is 11.1 Å². The molecule has 2 rings (SSSR count). The van der Waals surface area contributed by atoms with Crippen LogP contribution >= 0.6 is 0 Å². The molecule has 1 aliphatic heterocycles. The second-order valence-corrected chi connectivity index (χ2v) is 3.85. The Hall–Kier alpha value is -0.300. The standard InChI is InChI=1S/C10H17N/c1-8-3-2-4-9-7-11-6-5-10(8)9/h9,11H,2-7H2,1H3/t9-/m1/s1. The van der Waals surface area contributed by atoms with Crippen molar-refractivity contribution in [1.82, 2.24) is 5.32 Å². The van der Waals surface area contributed by atoms with Gasteiger partial charge in [-0.3, -0.25) is 0 Å². The summed E-state index contributed by atoms with van der Waals surface area (Å²) < 4.78 is 0. The summed E-state index contributed by atoms with van der Waals surface area (Å²) >= 11 is 0. The van der Waals surface area contributed by atoms with Gasteiger partial charge < -0.3 is 5.32 Å². The Labute approximate surface area is 68.9 Å². The molecule has 0 aromatic rings. The van der Waals surface area contributed by atoms with Crippen LogP contribution in [0.4, 0.5) is 0 Å². The van der Waals surface area contributed by atoms with Gasteiger partial charge in [0.25, 0.3) is 0 Å². The van der Waals surface area contributed by atoms with Crippen LogP contribution in [0.2, 0.25) is 0 Å². The van der Waals surface area contributed by atoms with Crippen molar-refractivity contribution in [2.75, 3.05) is 13.1 Å². The second kappa shape index (κ2) is 2.98. The summed E-state index contributed by atoms with van der Waals surface area (Å²) in [6, 6.07) is 0. The fourth-order valence-corrected chi connectivity index (χ4v) is 2.44.